The SMILES string of the molecule is CCO[Si](CCCNC(=O)[C@@H](N)Cc1cn(Cc2ccccc2)cn1)(OCC)OCC. The van der Waals surface area contributed by atoms with Gasteiger partial charge in [0.25, 0.3) is 0 Å². The number of amides is 1. The van der Waals surface area contributed by atoms with Gasteiger partial charge in [0, 0.05) is 51.6 Å². The van der Waals surface area contributed by atoms with Crippen LogP contribution in [0.2, 0.25) is 6.04 Å². The molecule has 0 fully saturated rings. The lowest BCUT2D eigenvalue weighted by Crippen LogP contribution is -2.47. The Hall–Kier alpha value is -2.04. The molecule has 1 aromatic carbocycles. The zero-order valence-electron chi connectivity index (χ0n) is 18.9. The number of nitrogens with zero attached hydrogens (tertiary/aromatic N) is 2. The molecule has 1 aromatic heterocycles. The third-order valence-electron chi connectivity index (χ3n) is 4.71. The minimum absolute atomic E-state index is 0.186. The smallest absolute Gasteiger partial charge is 0.374 e. The fourth-order valence-corrected chi connectivity index (χ4v) is 5.97. The van der Waals surface area contributed by atoms with E-state index in [9.17, 15) is 4.79 Å². The summed E-state index contributed by atoms with van der Waals surface area (Å²) in [5, 5.41) is 2.91. The van der Waals surface area contributed by atoms with Gasteiger partial charge in [0.1, 0.15) is 0 Å². The summed E-state index contributed by atoms with van der Waals surface area (Å²) in [6.07, 6.45) is 4.80. The van der Waals surface area contributed by atoms with Crippen LogP contribution < -0.4 is 11.1 Å². The first-order chi connectivity index (χ1) is 15.0. The molecule has 0 bridgehead atoms. The molecule has 0 aliphatic rings. The molecule has 1 amide bonds. The first kappa shape index (κ1) is 25.2. The van der Waals surface area contributed by atoms with E-state index < -0.39 is 14.8 Å². The number of rotatable bonds is 15. The van der Waals surface area contributed by atoms with Crippen molar-refractivity contribution in [3.63, 3.8) is 0 Å². The monoisotopic (exact) mass is 448 g/mol. The van der Waals surface area contributed by atoms with E-state index in [1.165, 1.54) is 5.56 Å². The van der Waals surface area contributed by atoms with Gasteiger partial charge in [-0.25, -0.2) is 4.98 Å². The number of hydrogen-bond acceptors (Lipinski definition) is 6. The van der Waals surface area contributed by atoms with E-state index in [0.717, 1.165) is 12.2 Å². The number of carbonyl (C=O) groups is 1. The van der Waals surface area contributed by atoms with Gasteiger partial charge in [-0.3, -0.25) is 4.79 Å². The quantitative estimate of drug-likeness (QED) is 0.320. The second kappa shape index (κ2) is 13.4. The molecule has 3 N–H and O–H groups in total. The molecule has 0 aliphatic carbocycles. The molecule has 0 aliphatic heterocycles. The predicted molar refractivity (Wildman–Crippen MR) is 123 cm³/mol. The van der Waals surface area contributed by atoms with Gasteiger partial charge in [-0.1, -0.05) is 30.3 Å². The Morgan fingerprint density at radius 3 is 2.39 bits per heavy atom. The third kappa shape index (κ3) is 8.54. The highest BCUT2D eigenvalue weighted by Crippen LogP contribution is 2.17. The third-order valence-corrected chi connectivity index (χ3v) is 7.86. The lowest BCUT2D eigenvalue weighted by atomic mass is 10.1. The predicted octanol–water partition coefficient (Wildman–Crippen LogP) is 2.36. The van der Waals surface area contributed by atoms with Crippen LogP contribution in [0.25, 0.3) is 0 Å². The zero-order chi connectivity index (χ0) is 22.5. The molecule has 0 radical (unpaired) electrons. The van der Waals surface area contributed by atoms with Gasteiger partial charge in [0.05, 0.1) is 18.1 Å². The maximum atomic E-state index is 12.4. The maximum Gasteiger partial charge on any atom is 0.500 e. The van der Waals surface area contributed by atoms with Crippen LogP contribution in [0.3, 0.4) is 0 Å². The van der Waals surface area contributed by atoms with Gasteiger partial charge in [-0.05, 0) is 32.8 Å². The van der Waals surface area contributed by atoms with E-state index in [4.69, 9.17) is 19.0 Å². The Kier molecular flexibility index (Phi) is 10.9. The van der Waals surface area contributed by atoms with Crippen LogP contribution in [0.4, 0.5) is 0 Å². The maximum absolute atomic E-state index is 12.4. The standard InChI is InChI=1S/C22H36N4O4Si/c1-4-28-31(29-5-2,30-6-3)14-10-13-24-22(27)21(23)15-20-17-26(18-25-20)16-19-11-8-7-9-12-19/h7-9,11-12,17-18,21H,4-6,10,13-16,23H2,1-3H3,(H,24,27)/t21-/m0/s1. The van der Waals surface area contributed by atoms with Crippen molar-refractivity contribution in [1.82, 2.24) is 14.9 Å². The lowest BCUT2D eigenvalue weighted by Gasteiger charge is -2.28. The van der Waals surface area contributed by atoms with Crippen LogP contribution in [0.5, 0.6) is 0 Å². The summed E-state index contributed by atoms with van der Waals surface area (Å²) in [5.41, 5.74) is 8.09. The number of imidazole rings is 1. The molecule has 1 atom stereocenters. The van der Waals surface area contributed by atoms with Gasteiger partial charge in [0.2, 0.25) is 5.91 Å². The Labute approximate surface area is 186 Å². The average molecular weight is 449 g/mol. The van der Waals surface area contributed by atoms with E-state index >= 15 is 0 Å². The molecule has 172 valence electrons. The molecule has 0 spiro atoms. The van der Waals surface area contributed by atoms with Gasteiger partial charge < -0.3 is 28.9 Å². The molecule has 0 saturated heterocycles. The van der Waals surface area contributed by atoms with Gasteiger partial charge in [0.15, 0.2) is 0 Å². The van der Waals surface area contributed by atoms with Crippen LogP contribution in [-0.2, 0) is 31.0 Å². The van der Waals surface area contributed by atoms with Crippen molar-refractivity contribution in [3.05, 3.63) is 54.1 Å². The van der Waals surface area contributed by atoms with Crippen molar-refractivity contribution < 1.29 is 18.1 Å². The first-order valence-corrected chi connectivity index (χ1v) is 12.9. The Bertz CT molecular complexity index is 755. The Morgan fingerprint density at radius 2 is 1.77 bits per heavy atom. The molecule has 1 heterocycles. The molecule has 31 heavy (non-hydrogen) atoms. The van der Waals surface area contributed by atoms with Crippen molar-refractivity contribution in [1.29, 1.82) is 0 Å². The topological polar surface area (TPSA) is 101 Å². The van der Waals surface area contributed by atoms with Crippen molar-refractivity contribution >= 4 is 14.7 Å². The van der Waals surface area contributed by atoms with Crippen molar-refractivity contribution in [2.24, 2.45) is 5.73 Å². The van der Waals surface area contributed by atoms with E-state index in [1.807, 2.05) is 49.7 Å². The fourth-order valence-electron chi connectivity index (χ4n) is 3.36. The molecular weight excluding hydrogens is 412 g/mol. The van der Waals surface area contributed by atoms with Crippen LogP contribution in [-0.4, -0.2) is 56.7 Å². The highest BCUT2D eigenvalue weighted by Gasteiger charge is 2.39. The summed E-state index contributed by atoms with van der Waals surface area (Å²) in [6, 6.07) is 10.2. The van der Waals surface area contributed by atoms with Gasteiger partial charge >= 0.3 is 8.80 Å². The molecule has 9 heteroatoms. The minimum atomic E-state index is -2.68. The summed E-state index contributed by atoms with van der Waals surface area (Å²) < 4.78 is 19.5. The molecule has 2 rings (SSSR count). The number of aromatic nitrogens is 2. The average Bonchev–Trinajstić information content (AvgIpc) is 3.19. The Balaban J connectivity index is 1.77. The normalized spacial score (nSPS) is 12.6. The van der Waals surface area contributed by atoms with Crippen LogP contribution in [0, 0.1) is 0 Å². The van der Waals surface area contributed by atoms with Crippen LogP contribution in [0.1, 0.15) is 38.4 Å². The van der Waals surface area contributed by atoms with Gasteiger partial charge in [-0.15, -0.1) is 0 Å². The highest BCUT2D eigenvalue weighted by molar-refractivity contribution is 6.60. The second-order valence-corrected chi connectivity index (χ2v) is 9.94. The summed E-state index contributed by atoms with van der Waals surface area (Å²) in [5.74, 6) is -0.186. The fraction of sp³-hybridized carbons (Fsp3) is 0.545. The van der Waals surface area contributed by atoms with Crippen molar-refractivity contribution in [2.45, 2.75) is 52.2 Å². The minimum Gasteiger partial charge on any atom is -0.374 e. The molecule has 2 aromatic rings. The van der Waals surface area contributed by atoms with Crippen molar-refractivity contribution in [3.8, 4) is 0 Å². The number of benzene rings is 1. The van der Waals surface area contributed by atoms with E-state index in [1.54, 1.807) is 6.33 Å². The van der Waals surface area contributed by atoms with Crippen molar-refractivity contribution in [2.75, 3.05) is 26.4 Å². The van der Waals surface area contributed by atoms with Gasteiger partial charge in [-0.2, -0.15) is 0 Å². The van der Waals surface area contributed by atoms with E-state index in [-0.39, 0.29) is 5.91 Å². The summed E-state index contributed by atoms with van der Waals surface area (Å²) >= 11 is 0. The lowest BCUT2D eigenvalue weighted by molar-refractivity contribution is -0.122. The van der Waals surface area contributed by atoms with Crippen LogP contribution in [0.15, 0.2) is 42.9 Å². The number of nitrogens with two attached hydrogens (primary N) is 1. The molecular formula is C22H36N4O4Si. The number of hydrogen-bond donors (Lipinski definition) is 2. The summed E-state index contributed by atoms with van der Waals surface area (Å²) in [7, 11) is -2.68. The summed E-state index contributed by atoms with van der Waals surface area (Å²) in [6.45, 7) is 8.66. The number of carbonyl (C=O) groups excluding carboxylic acids is 1. The Morgan fingerprint density at radius 1 is 1.13 bits per heavy atom. The first-order valence-electron chi connectivity index (χ1n) is 11.0. The molecule has 0 saturated carbocycles. The van der Waals surface area contributed by atoms with Crippen LogP contribution >= 0.6 is 0 Å². The second-order valence-electron chi connectivity index (χ2n) is 7.21. The summed E-state index contributed by atoms with van der Waals surface area (Å²) in [4.78, 5) is 16.8. The largest absolute Gasteiger partial charge is 0.500 e. The molecule has 8 nitrogen and oxygen atoms in total. The zero-order valence-corrected chi connectivity index (χ0v) is 19.9. The van der Waals surface area contributed by atoms with E-state index in [2.05, 4.69) is 22.4 Å². The van der Waals surface area contributed by atoms with E-state index in [0.29, 0.717) is 45.3 Å². The highest BCUT2D eigenvalue weighted by atomic mass is 28.4. The molecule has 0 unspecified atom stereocenters. The number of nitrogens with one attached hydrogen (secondary N) is 1.